The van der Waals surface area contributed by atoms with Crippen LogP contribution in [0.2, 0.25) is 0 Å². The molecule has 0 bridgehead atoms. The van der Waals surface area contributed by atoms with Crippen molar-refractivity contribution in [3.05, 3.63) is 25.3 Å². The number of carbonyl (C=O) groups excluding carboxylic acids is 1. The summed E-state index contributed by atoms with van der Waals surface area (Å²) in [4.78, 5) is 25.9. The Kier molecular flexibility index (Phi) is 7.88. The Balaban J connectivity index is 0. The molecule has 0 aliphatic heterocycles. The number of hydrogen-bond acceptors (Lipinski definition) is 4. The van der Waals surface area contributed by atoms with Crippen molar-refractivity contribution in [3.63, 3.8) is 0 Å². The topological polar surface area (TPSA) is 108 Å². The maximum Gasteiger partial charge on any atom is 0.527 e. The molecule has 0 aliphatic rings. The minimum absolute atomic E-state index is 0.666. The number of nitriles is 1. The predicted molar refractivity (Wildman–Crippen MR) is 44.1 cm³/mol. The number of rotatable bonds is 2. The standard InChI is InChI=1S/C3H3N.C3H5O5P/c1-2-3-4;1-2-3(4)8-9(5,6)7/h2H,1H2;2H,1H2,(H2,5,6,7). The summed E-state index contributed by atoms with van der Waals surface area (Å²) in [6.45, 7) is 6.04. The Hall–Kier alpha value is -1.41. The summed E-state index contributed by atoms with van der Waals surface area (Å²) < 4.78 is 13.3. The van der Waals surface area contributed by atoms with Crippen LogP contribution in [0.15, 0.2) is 25.3 Å². The zero-order valence-electron chi connectivity index (χ0n) is 6.58. The summed E-state index contributed by atoms with van der Waals surface area (Å²) in [5.74, 6) is -1.14. The molecule has 0 aromatic carbocycles. The Morgan fingerprint density at radius 1 is 1.54 bits per heavy atom. The molecule has 0 aliphatic carbocycles. The first-order valence-corrected chi connectivity index (χ1v) is 4.32. The van der Waals surface area contributed by atoms with E-state index >= 15 is 0 Å². The summed E-state index contributed by atoms with van der Waals surface area (Å²) in [5.41, 5.74) is 0. The van der Waals surface area contributed by atoms with Crippen LogP contribution in [0.25, 0.3) is 0 Å². The van der Waals surface area contributed by atoms with Gasteiger partial charge in [0, 0.05) is 12.2 Å². The molecule has 13 heavy (non-hydrogen) atoms. The molecule has 0 fully saturated rings. The first-order valence-electron chi connectivity index (χ1n) is 2.79. The maximum atomic E-state index is 9.99. The van der Waals surface area contributed by atoms with Crippen molar-refractivity contribution in [2.75, 3.05) is 0 Å². The second kappa shape index (κ2) is 7.25. The van der Waals surface area contributed by atoms with E-state index in [1.807, 2.05) is 0 Å². The van der Waals surface area contributed by atoms with Crippen LogP contribution in [0, 0.1) is 11.3 Å². The van der Waals surface area contributed by atoms with Crippen LogP contribution in [0.5, 0.6) is 0 Å². The highest BCUT2D eigenvalue weighted by Crippen LogP contribution is 2.35. The van der Waals surface area contributed by atoms with E-state index in [4.69, 9.17) is 15.0 Å². The van der Waals surface area contributed by atoms with Crippen molar-refractivity contribution < 1.29 is 23.7 Å². The van der Waals surface area contributed by atoms with Crippen molar-refractivity contribution in [1.82, 2.24) is 0 Å². The third-order valence-electron chi connectivity index (χ3n) is 0.467. The summed E-state index contributed by atoms with van der Waals surface area (Å²) >= 11 is 0. The Labute approximate surface area is 75.0 Å². The van der Waals surface area contributed by atoms with Gasteiger partial charge in [-0.15, -0.1) is 0 Å². The number of hydrogen-bond donors (Lipinski definition) is 2. The minimum atomic E-state index is -4.66. The molecule has 0 saturated carbocycles. The average molecular weight is 205 g/mol. The first-order chi connectivity index (χ1) is 5.87. The summed E-state index contributed by atoms with van der Waals surface area (Å²) in [6.07, 6.45) is 1.85. The lowest BCUT2D eigenvalue weighted by atomic mass is 10.7. The van der Waals surface area contributed by atoms with Gasteiger partial charge >= 0.3 is 13.8 Å². The fourth-order valence-electron chi connectivity index (χ4n) is 0.154. The van der Waals surface area contributed by atoms with Crippen LogP contribution in [-0.2, 0) is 13.9 Å². The minimum Gasteiger partial charge on any atom is -0.367 e. The summed E-state index contributed by atoms with van der Waals surface area (Å²) in [6, 6.07) is 1.69. The number of allylic oxidation sites excluding steroid dienone is 1. The molecule has 7 heteroatoms. The number of nitrogens with zero attached hydrogens (tertiary/aromatic N) is 1. The van der Waals surface area contributed by atoms with E-state index in [0.29, 0.717) is 6.08 Å². The maximum absolute atomic E-state index is 9.99. The van der Waals surface area contributed by atoms with Gasteiger partial charge in [-0.1, -0.05) is 13.2 Å². The molecular formula is C6H8NO5P. The lowest BCUT2D eigenvalue weighted by molar-refractivity contribution is -0.130. The van der Waals surface area contributed by atoms with Gasteiger partial charge in [-0.2, -0.15) is 5.26 Å². The van der Waals surface area contributed by atoms with E-state index in [0.717, 1.165) is 0 Å². The Morgan fingerprint density at radius 2 is 1.92 bits per heavy atom. The lowest BCUT2D eigenvalue weighted by Gasteiger charge is -1.99. The van der Waals surface area contributed by atoms with Gasteiger partial charge in [0.2, 0.25) is 0 Å². The molecule has 0 rings (SSSR count). The van der Waals surface area contributed by atoms with Crippen LogP contribution in [0.4, 0.5) is 0 Å². The van der Waals surface area contributed by atoms with Gasteiger partial charge in [-0.05, 0) is 0 Å². The van der Waals surface area contributed by atoms with Crippen molar-refractivity contribution >= 4 is 13.8 Å². The molecule has 0 heterocycles. The quantitative estimate of drug-likeness (QED) is 0.386. The molecule has 0 aromatic rings. The normalized spacial score (nSPS) is 8.38. The van der Waals surface area contributed by atoms with Crippen molar-refractivity contribution in [2.45, 2.75) is 0 Å². The van der Waals surface area contributed by atoms with Crippen molar-refractivity contribution in [1.29, 1.82) is 5.26 Å². The van der Waals surface area contributed by atoms with Crippen molar-refractivity contribution in [3.8, 4) is 6.07 Å². The lowest BCUT2D eigenvalue weighted by Crippen LogP contribution is -1.96. The highest BCUT2D eigenvalue weighted by molar-refractivity contribution is 7.46. The van der Waals surface area contributed by atoms with Crippen molar-refractivity contribution in [2.24, 2.45) is 0 Å². The number of phosphoric acid groups is 1. The molecule has 6 nitrogen and oxygen atoms in total. The van der Waals surface area contributed by atoms with E-state index in [1.54, 1.807) is 6.07 Å². The smallest absolute Gasteiger partial charge is 0.367 e. The van der Waals surface area contributed by atoms with Gasteiger partial charge < -0.3 is 4.52 Å². The van der Waals surface area contributed by atoms with Gasteiger partial charge in [-0.3, -0.25) is 9.79 Å². The molecule has 0 radical (unpaired) electrons. The van der Waals surface area contributed by atoms with E-state index < -0.39 is 13.8 Å². The highest BCUT2D eigenvalue weighted by Gasteiger charge is 2.17. The second-order valence-electron chi connectivity index (χ2n) is 1.44. The zero-order valence-corrected chi connectivity index (χ0v) is 7.48. The van der Waals surface area contributed by atoms with Gasteiger partial charge in [0.05, 0.1) is 6.07 Å². The van der Waals surface area contributed by atoms with E-state index in [2.05, 4.69) is 17.7 Å². The molecular weight excluding hydrogens is 197 g/mol. The fraction of sp³-hybridized carbons (Fsp3) is 0. The fourth-order valence-corrected chi connectivity index (χ4v) is 0.463. The van der Waals surface area contributed by atoms with E-state index in [1.165, 1.54) is 6.08 Å². The van der Waals surface area contributed by atoms with Crippen LogP contribution in [0.3, 0.4) is 0 Å². The largest absolute Gasteiger partial charge is 0.527 e. The molecule has 0 amide bonds. The van der Waals surface area contributed by atoms with E-state index in [-0.39, 0.29) is 0 Å². The monoisotopic (exact) mass is 205 g/mol. The van der Waals surface area contributed by atoms with Crippen LogP contribution >= 0.6 is 7.82 Å². The van der Waals surface area contributed by atoms with Gasteiger partial charge in [0.25, 0.3) is 0 Å². The van der Waals surface area contributed by atoms with Crippen LogP contribution in [-0.4, -0.2) is 15.8 Å². The van der Waals surface area contributed by atoms with Gasteiger partial charge in [0.1, 0.15) is 0 Å². The zero-order chi connectivity index (χ0) is 10.9. The average Bonchev–Trinajstić information content (AvgIpc) is 2.02. The Bertz CT molecular complexity index is 273. The Morgan fingerprint density at radius 3 is 2.00 bits per heavy atom. The molecule has 0 saturated heterocycles. The van der Waals surface area contributed by atoms with Gasteiger partial charge in [0.15, 0.2) is 0 Å². The van der Waals surface area contributed by atoms with E-state index in [9.17, 15) is 9.36 Å². The molecule has 0 spiro atoms. The third kappa shape index (κ3) is 18.0. The number of phosphoric ester groups is 1. The highest BCUT2D eigenvalue weighted by atomic mass is 31.2. The molecule has 0 atom stereocenters. The molecule has 72 valence electrons. The predicted octanol–water partition coefficient (Wildman–Crippen LogP) is 0.504. The SMILES string of the molecule is C=CC#N.C=CC(=O)OP(=O)(O)O. The summed E-state index contributed by atoms with van der Waals surface area (Å²) in [7, 11) is -4.66. The second-order valence-corrected chi connectivity index (χ2v) is 2.60. The molecule has 0 unspecified atom stereocenters. The van der Waals surface area contributed by atoms with Crippen LogP contribution < -0.4 is 0 Å². The van der Waals surface area contributed by atoms with Crippen LogP contribution in [0.1, 0.15) is 0 Å². The number of carbonyl (C=O) groups is 1. The third-order valence-corrected chi connectivity index (χ3v) is 0.885. The molecule has 2 N–H and O–H groups in total. The first kappa shape index (κ1) is 14.1. The molecule has 0 aromatic heterocycles. The van der Waals surface area contributed by atoms with Gasteiger partial charge in [-0.25, -0.2) is 9.36 Å². The summed E-state index contributed by atoms with van der Waals surface area (Å²) in [5, 5.41) is 7.51.